The van der Waals surface area contributed by atoms with E-state index < -0.39 is 0 Å². The van der Waals surface area contributed by atoms with E-state index in [1.54, 1.807) is 0 Å². The van der Waals surface area contributed by atoms with Crippen molar-refractivity contribution in [1.82, 2.24) is 5.32 Å². The van der Waals surface area contributed by atoms with E-state index in [1.165, 1.54) is 57.9 Å². The zero-order chi connectivity index (χ0) is 15.2. The molecule has 1 heterocycles. The van der Waals surface area contributed by atoms with Crippen LogP contribution in [-0.2, 0) is 0 Å². The molecule has 1 fully saturated rings. The molecule has 20 heavy (non-hydrogen) atoms. The first kappa shape index (κ1) is 18.0. The summed E-state index contributed by atoms with van der Waals surface area (Å²) in [6.45, 7) is 15.7. The van der Waals surface area contributed by atoms with Crippen LogP contribution in [0.1, 0.15) is 92.9 Å². The average Bonchev–Trinajstić information content (AvgIpc) is 2.72. The fraction of sp³-hybridized carbons (Fsp3) is 1.00. The summed E-state index contributed by atoms with van der Waals surface area (Å²) in [5.41, 5.74) is 0.899. The van der Waals surface area contributed by atoms with Gasteiger partial charge in [0.15, 0.2) is 0 Å². The smallest absolute Gasteiger partial charge is 0.0159 e. The third-order valence-corrected chi connectivity index (χ3v) is 5.87. The van der Waals surface area contributed by atoms with Crippen LogP contribution in [-0.4, -0.2) is 12.1 Å². The Bertz CT molecular complexity index is 275. The average molecular weight is 282 g/mol. The minimum Gasteiger partial charge on any atom is -0.311 e. The Balaban J connectivity index is 2.69. The molecule has 0 bridgehead atoms. The van der Waals surface area contributed by atoms with Crippen molar-refractivity contribution in [2.45, 2.75) is 98.4 Å². The van der Waals surface area contributed by atoms with Crippen LogP contribution < -0.4 is 5.32 Å². The molecule has 1 nitrogen and oxygen atoms in total. The lowest BCUT2D eigenvalue weighted by Crippen LogP contribution is -2.35. The van der Waals surface area contributed by atoms with Gasteiger partial charge in [0, 0.05) is 12.1 Å². The summed E-state index contributed by atoms with van der Waals surface area (Å²) in [5.74, 6) is 1.75. The minimum atomic E-state index is 0.392. The van der Waals surface area contributed by atoms with E-state index in [4.69, 9.17) is 0 Å². The van der Waals surface area contributed by atoms with E-state index in [1.807, 2.05) is 0 Å². The van der Waals surface area contributed by atoms with E-state index in [2.05, 4.69) is 46.9 Å². The van der Waals surface area contributed by atoms with Gasteiger partial charge in [-0.2, -0.15) is 0 Å². The van der Waals surface area contributed by atoms with Gasteiger partial charge in [-0.15, -0.1) is 0 Å². The zero-order valence-electron chi connectivity index (χ0n) is 15.0. The molecule has 1 aliphatic heterocycles. The molecule has 4 unspecified atom stereocenters. The van der Waals surface area contributed by atoms with Crippen LogP contribution in [0.4, 0.5) is 0 Å². The normalized spacial score (nSPS) is 33.3. The summed E-state index contributed by atoms with van der Waals surface area (Å²) in [4.78, 5) is 0. The molecule has 1 rings (SSSR count). The van der Waals surface area contributed by atoms with Crippen LogP contribution in [0.2, 0.25) is 0 Å². The molecule has 1 N–H and O–H groups in total. The molecule has 0 aliphatic carbocycles. The quantitative estimate of drug-likeness (QED) is 0.528. The van der Waals surface area contributed by atoms with Crippen molar-refractivity contribution in [3.8, 4) is 0 Å². The highest BCUT2D eigenvalue weighted by molar-refractivity contribution is 5.02. The van der Waals surface area contributed by atoms with Gasteiger partial charge in [0.1, 0.15) is 0 Å². The Morgan fingerprint density at radius 3 is 2.30 bits per heavy atom. The second-order valence-electron chi connectivity index (χ2n) is 7.98. The van der Waals surface area contributed by atoms with Gasteiger partial charge in [0.05, 0.1) is 0 Å². The summed E-state index contributed by atoms with van der Waals surface area (Å²) < 4.78 is 0. The van der Waals surface area contributed by atoms with E-state index in [9.17, 15) is 0 Å². The van der Waals surface area contributed by atoms with Crippen molar-refractivity contribution >= 4 is 0 Å². The number of hydrogen-bond acceptors (Lipinski definition) is 1. The van der Waals surface area contributed by atoms with Gasteiger partial charge in [0.2, 0.25) is 0 Å². The lowest BCUT2D eigenvalue weighted by atomic mass is 9.65. The molecule has 4 atom stereocenters. The van der Waals surface area contributed by atoms with Crippen molar-refractivity contribution in [3.05, 3.63) is 0 Å². The maximum Gasteiger partial charge on any atom is 0.0159 e. The largest absolute Gasteiger partial charge is 0.311 e. The van der Waals surface area contributed by atoms with Crippen LogP contribution in [0.15, 0.2) is 0 Å². The van der Waals surface area contributed by atoms with Crippen LogP contribution in [0.3, 0.4) is 0 Å². The summed E-state index contributed by atoms with van der Waals surface area (Å²) in [5, 5.41) is 3.90. The van der Waals surface area contributed by atoms with Crippen molar-refractivity contribution < 1.29 is 0 Å². The van der Waals surface area contributed by atoms with Gasteiger partial charge >= 0.3 is 0 Å². The van der Waals surface area contributed by atoms with E-state index in [0.29, 0.717) is 11.0 Å². The van der Waals surface area contributed by atoms with Crippen LogP contribution in [0.5, 0.6) is 0 Å². The van der Waals surface area contributed by atoms with Gasteiger partial charge in [-0.25, -0.2) is 0 Å². The second kappa shape index (κ2) is 7.82. The number of nitrogens with one attached hydrogen (secondary N) is 1. The number of unbranched alkanes of at least 4 members (excludes halogenated alkanes) is 2. The van der Waals surface area contributed by atoms with Gasteiger partial charge in [-0.3, -0.25) is 0 Å². The second-order valence-corrected chi connectivity index (χ2v) is 7.98. The third-order valence-electron chi connectivity index (χ3n) is 5.87. The fourth-order valence-corrected chi connectivity index (χ4v) is 4.55. The minimum absolute atomic E-state index is 0.392. The van der Waals surface area contributed by atoms with Gasteiger partial charge < -0.3 is 5.32 Å². The van der Waals surface area contributed by atoms with Crippen LogP contribution >= 0.6 is 0 Å². The molecule has 1 heteroatoms. The third kappa shape index (κ3) is 4.48. The Morgan fingerprint density at radius 1 is 1.05 bits per heavy atom. The maximum atomic E-state index is 3.90. The molecule has 0 aromatic heterocycles. The predicted molar refractivity (Wildman–Crippen MR) is 91.1 cm³/mol. The molecule has 0 spiro atoms. The highest BCUT2D eigenvalue weighted by Gasteiger charge is 2.46. The summed E-state index contributed by atoms with van der Waals surface area (Å²) in [6, 6.07) is 0. The van der Waals surface area contributed by atoms with Crippen molar-refractivity contribution in [1.29, 1.82) is 0 Å². The molecule has 0 amide bonds. The van der Waals surface area contributed by atoms with E-state index >= 15 is 0 Å². The van der Waals surface area contributed by atoms with Crippen molar-refractivity contribution in [2.75, 3.05) is 6.54 Å². The summed E-state index contributed by atoms with van der Waals surface area (Å²) in [7, 11) is 0. The first-order valence-corrected chi connectivity index (χ1v) is 9.15. The Labute approximate surface area is 128 Å². The predicted octanol–water partition coefficient (Wildman–Crippen LogP) is 5.79. The highest BCUT2D eigenvalue weighted by Crippen LogP contribution is 2.47. The Morgan fingerprint density at radius 2 is 1.75 bits per heavy atom. The monoisotopic (exact) mass is 281 g/mol. The number of hydrogen-bond donors (Lipinski definition) is 1. The summed E-state index contributed by atoms with van der Waals surface area (Å²) in [6.07, 6.45) is 10.9. The van der Waals surface area contributed by atoms with E-state index in [-0.39, 0.29) is 0 Å². The first-order valence-electron chi connectivity index (χ1n) is 9.15. The van der Waals surface area contributed by atoms with Crippen molar-refractivity contribution in [2.24, 2.45) is 17.3 Å². The molecule has 0 radical (unpaired) electrons. The summed E-state index contributed by atoms with van der Waals surface area (Å²) >= 11 is 0. The Kier molecular flexibility index (Phi) is 7.04. The van der Waals surface area contributed by atoms with Gasteiger partial charge in [0.25, 0.3) is 0 Å². The Hall–Kier alpha value is -0.0400. The standard InChI is InChI=1S/C19H39N/c1-7-10-11-13-19(6)14-18(5,15-20-19)17(12-8-2)16(4)9-3/h16-17,20H,7-15H2,1-6H3. The topological polar surface area (TPSA) is 12.0 Å². The molecule has 0 saturated carbocycles. The molecule has 120 valence electrons. The first-order chi connectivity index (χ1) is 9.40. The van der Waals surface area contributed by atoms with E-state index in [0.717, 1.165) is 11.8 Å². The molecule has 0 aromatic rings. The van der Waals surface area contributed by atoms with Gasteiger partial charge in [-0.1, -0.05) is 66.7 Å². The highest BCUT2D eigenvalue weighted by atomic mass is 15.0. The lowest BCUT2D eigenvalue weighted by Gasteiger charge is -2.39. The molecular formula is C19H39N. The van der Waals surface area contributed by atoms with Crippen LogP contribution in [0.25, 0.3) is 0 Å². The molecule has 1 saturated heterocycles. The maximum absolute atomic E-state index is 3.90. The fourth-order valence-electron chi connectivity index (χ4n) is 4.55. The van der Waals surface area contributed by atoms with Crippen molar-refractivity contribution in [3.63, 3.8) is 0 Å². The molecule has 0 aromatic carbocycles. The molecular weight excluding hydrogens is 242 g/mol. The zero-order valence-corrected chi connectivity index (χ0v) is 15.0. The number of rotatable bonds is 9. The molecule has 1 aliphatic rings. The van der Waals surface area contributed by atoms with Crippen LogP contribution in [0, 0.1) is 17.3 Å². The van der Waals surface area contributed by atoms with Gasteiger partial charge in [-0.05, 0) is 43.4 Å². The lowest BCUT2D eigenvalue weighted by molar-refractivity contribution is 0.122. The SMILES string of the molecule is CCCCCC1(C)CC(C)(C(CCC)C(C)CC)CN1.